The molecule has 2 atom stereocenters. The maximum atomic E-state index is 9.49. The highest BCUT2D eigenvalue weighted by Gasteiger charge is 2.19. The molecule has 0 aliphatic heterocycles. The molecule has 14 heavy (non-hydrogen) atoms. The van der Waals surface area contributed by atoms with Gasteiger partial charge in [0.05, 0.1) is 13.2 Å². The van der Waals surface area contributed by atoms with Crippen LogP contribution < -0.4 is 0 Å². The lowest BCUT2D eigenvalue weighted by Crippen LogP contribution is -2.33. The number of aliphatic hydroxyl groups excluding tert-OH is 2. The van der Waals surface area contributed by atoms with E-state index >= 15 is 0 Å². The normalized spacial score (nSPS) is 15.4. The number of aliphatic hydroxyl groups is 2. The van der Waals surface area contributed by atoms with Crippen molar-refractivity contribution >= 4 is 0 Å². The van der Waals surface area contributed by atoms with E-state index in [1.165, 1.54) is 0 Å². The van der Waals surface area contributed by atoms with Gasteiger partial charge in [0, 0.05) is 26.7 Å². The van der Waals surface area contributed by atoms with Crippen molar-refractivity contribution in [2.24, 2.45) is 0 Å². The zero-order valence-electron chi connectivity index (χ0n) is 8.81. The van der Waals surface area contributed by atoms with Gasteiger partial charge in [-0.15, -0.1) is 0 Å². The largest absolute Gasteiger partial charge is 0.396 e. The number of methoxy groups -OCH3 is 1. The van der Waals surface area contributed by atoms with Crippen molar-refractivity contribution in [3.05, 3.63) is 0 Å². The highest BCUT2D eigenvalue weighted by atomic mass is 16.7. The van der Waals surface area contributed by atoms with Gasteiger partial charge in [-0.25, -0.2) is 0 Å². The molecule has 0 bridgehead atoms. The molecule has 5 nitrogen and oxygen atoms in total. The lowest BCUT2D eigenvalue weighted by Gasteiger charge is -2.22. The molecule has 86 valence electrons. The molecule has 0 aliphatic rings. The van der Waals surface area contributed by atoms with E-state index < -0.39 is 12.4 Å². The second kappa shape index (κ2) is 9.36. The van der Waals surface area contributed by atoms with Crippen molar-refractivity contribution in [1.82, 2.24) is 0 Å². The lowest BCUT2D eigenvalue weighted by molar-refractivity contribution is -0.198. The van der Waals surface area contributed by atoms with Gasteiger partial charge in [0.25, 0.3) is 0 Å². The predicted octanol–water partition coefficient (Wildman–Crippen LogP) is -0.245. The molecular formula is C9H20O5. The quantitative estimate of drug-likeness (QED) is 0.404. The van der Waals surface area contributed by atoms with Crippen LogP contribution in [0.1, 0.15) is 13.3 Å². The molecule has 2 N–H and O–H groups in total. The van der Waals surface area contributed by atoms with Gasteiger partial charge in [0.15, 0.2) is 6.29 Å². The standard InChI is InChI=1S/C9H20O5/c1-3-13-9(8(11)4-5-10)14-7-6-12-2/h8-11H,3-7H2,1-2H3. The summed E-state index contributed by atoms with van der Waals surface area (Å²) in [5.41, 5.74) is 0. The van der Waals surface area contributed by atoms with E-state index in [2.05, 4.69) is 0 Å². The van der Waals surface area contributed by atoms with Crippen LogP contribution in [0.15, 0.2) is 0 Å². The van der Waals surface area contributed by atoms with E-state index in [0.29, 0.717) is 19.8 Å². The third-order valence-corrected chi connectivity index (χ3v) is 1.64. The van der Waals surface area contributed by atoms with E-state index in [1.54, 1.807) is 7.11 Å². The van der Waals surface area contributed by atoms with Crippen molar-refractivity contribution in [3.8, 4) is 0 Å². The Hall–Kier alpha value is -0.200. The Morgan fingerprint density at radius 3 is 2.43 bits per heavy atom. The second-order valence-electron chi connectivity index (χ2n) is 2.77. The first-order valence-electron chi connectivity index (χ1n) is 4.77. The van der Waals surface area contributed by atoms with Crippen molar-refractivity contribution in [2.45, 2.75) is 25.7 Å². The first-order chi connectivity index (χ1) is 6.76. The van der Waals surface area contributed by atoms with Gasteiger partial charge >= 0.3 is 0 Å². The maximum absolute atomic E-state index is 9.49. The Morgan fingerprint density at radius 1 is 1.21 bits per heavy atom. The molecule has 0 aromatic carbocycles. The van der Waals surface area contributed by atoms with Gasteiger partial charge in [-0.1, -0.05) is 0 Å². The number of hydrogen-bond donors (Lipinski definition) is 2. The summed E-state index contributed by atoms with van der Waals surface area (Å²) in [6.07, 6.45) is -1.23. The first-order valence-corrected chi connectivity index (χ1v) is 4.77. The lowest BCUT2D eigenvalue weighted by atomic mass is 10.2. The first kappa shape index (κ1) is 13.8. The molecule has 0 rings (SSSR count). The molecule has 0 saturated carbocycles. The summed E-state index contributed by atoms with van der Waals surface area (Å²) in [5.74, 6) is 0. The average molecular weight is 208 g/mol. The van der Waals surface area contributed by atoms with Crippen LogP contribution in [0.2, 0.25) is 0 Å². The van der Waals surface area contributed by atoms with Crippen LogP contribution in [0.3, 0.4) is 0 Å². The van der Waals surface area contributed by atoms with Crippen LogP contribution in [-0.4, -0.2) is 56.1 Å². The summed E-state index contributed by atoms with van der Waals surface area (Å²) in [7, 11) is 1.57. The topological polar surface area (TPSA) is 68.2 Å². The molecule has 0 amide bonds. The Bertz CT molecular complexity index is 120. The van der Waals surface area contributed by atoms with Crippen molar-refractivity contribution in [1.29, 1.82) is 0 Å². The Kier molecular flexibility index (Phi) is 9.23. The third-order valence-electron chi connectivity index (χ3n) is 1.64. The zero-order chi connectivity index (χ0) is 10.8. The fraction of sp³-hybridized carbons (Fsp3) is 1.00. The van der Waals surface area contributed by atoms with Crippen LogP contribution in [0, 0.1) is 0 Å². The van der Waals surface area contributed by atoms with Gasteiger partial charge < -0.3 is 24.4 Å². The average Bonchev–Trinajstić information content (AvgIpc) is 2.17. The van der Waals surface area contributed by atoms with Crippen molar-refractivity contribution < 1.29 is 24.4 Å². The van der Waals surface area contributed by atoms with Gasteiger partial charge in [0.1, 0.15) is 6.10 Å². The van der Waals surface area contributed by atoms with E-state index in [1.807, 2.05) is 6.92 Å². The molecule has 0 fully saturated rings. The molecule has 0 aliphatic carbocycles. The van der Waals surface area contributed by atoms with Gasteiger partial charge in [-0.3, -0.25) is 0 Å². The summed E-state index contributed by atoms with van der Waals surface area (Å²) in [6.45, 7) is 3.01. The second-order valence-corrected chi connectivity index (χ2v) is 2.77. The van der Waals surface area contributed by atoms with Gasteiger partial charge in [-0.2, -0.15) is 0 Å². The van der Waals surface area contributed by atoms with Crippen molar-refractivity contribution in [2.75, 3.05) is 33.5 Å². The van der Waals surface area contributed by atoms with E-state index in [-0.39, 0.29) is 13.0 Å². The molecule has 0 aromatic heterocycles. The number of rotatable bonds is 9. The molecule has 2 unspecified atom stereocenters. The summed E-state index contributed by atoms with van der Waals surface area (Å²) in [5, 5.41) is 18.1. The highest BCUT2D eigenvalue weighted by Crippen LogP contribution is 2.05. The van der Waals surface area contributed by atoms with Crippen LogP contribution in [-0.2, 0) is 14.2 Å². The zero-order valence-corrected chi connectivity index (χ0v) is 8.81. The predicted molar refractivity (Wildman–Crippen MR) is 51.0 cm³/mol. The van der Waals surface area contributed by atoms with Gasteiger partial charge in [-0.05, 0) is 6.92 Å². The smallest absolute Gasteiger partial charge is 0.183 e. The van der Waals surface area contributed by atoms with Crippen LogP contribution in [0.4, 0.5) is 0 Å². The summed E-state index contributed by atoms with van der Waals surface area (Å²) in [4.78, 5) is 0. The molecule has 0 spiro atoms. The third kappa shape index (κ3) is 6.28. The van der Waals surface area contributed by atoms with Gasteiger partial charge in [0.2, 0.25) is 0 Å². The summed E-state index contributed by atoms with van der Waals surface area (Å²) in [6, 6.07) is 0. The molecular weight excluding hydrogens is 188 g/mol. The Morgan fingerprint density at radius 2 is 1.93 bits per heavy atom. The van der Waals surface area contributed by atoms with E-state index in [0.717, 1.165) is 0 Å². The SMILES string of the molecule is CCOC(OCCOC)C(O)CCO. The number of hydrogen-bond acceptors (Lipinski definition) is 5. The summed E-state index contributed by atoms with van der Waals surface area (Å²) >= 11 is 0. The molecule has 0 heterocycles. The number of ether oxygens (including phenoxy) is 3. The van der Waals surface area contributed by atoms with Crippen LogP contribution in [0.25, 0.3) is 0 Å². The molecule has 0 aromatic rings. The van der Waals surface area contributed by atoms with E-state index in [4.69, 9.17) is 19.3 Å². The Balaban J connectivity index is 3.74. The highest BCUT2D eigenvalue weighted by molar-refractivity contribution is 4.59. The van der Waals surface area contributed by atoms with Crippen LogP contribution >= 0.6 is 0 Å². The maximum Gasteiger partial charge on any atom is 0.183 e. The fourth-order valence-electron chi connectivity index (χ4n) is 0.950. The minimum Gasteiger partial charge on any atom is -0.396 e. The van der Waals surface area contributed by atoms with Crippen molar-refractivity contribution in [3.63, 3.8) is 0 Å². The summed E-state index contributed by atoms with van der Waals surface area (Å²) < 4.78 is 15.2. The molecule has 0 saturated heterocycles. The molecule has 5 heteroatoms. The van der Waals surface area contributed by atoms with Crippen LogP contribution in [0.5, 0.6) is 0 Å². The monoisotopic (exact) mass is 208 g/mol. The Labute approximate surface area is 84.6 Å². The molecule has 0 radical (unpaired) electrons. The minimum atomic E-state index is -0.795. The fourth-order valence-corrected chi connectivity index (χ4v) is 0.950. The minimum absolute atomic E-state index is 0.0849. The van der Waals surface area contributed by atoms with E-state index in [9.17, 15) is 5.11 Å².